The van der Waals surface area contributed by atoms with E-state index in [4.69, 9.17) is 0 Å². The van der Waals surface area contributed by atoms with Crippen LogP contribution in [0.4, 0.5) is 52.7 Å². The van der Waals surface area contributed by atoms with Crippen LogP contribution in [0.25, 0.3) is 0 Å². The van der Waals surface area contributed by atoms with Crippen molar-refractivity contribution in [1.29, 1.82) is 0 Å². The highest BCUT2D eigenvalue weighted by Gasteiger charge is 2.84. The molecule has 0 fully saturated rings. The molecule has 41 heavy (non-hydrogen) atoms. The second-order valence-corrected chi connectivity index (χ2v) is 12.4. The Balaban J connectivity index is 0.000000564. The maximum Gasteiger partial charge on any atom is 0.432 e. The minimum atomic E-state index is -6.48. The lowest BCUT2D eigenvalue weighted by atomic mass is 9.78. The van der Waals surface area contributed by atoms with E-state index in [1.165, 1.54) is 30.7 Å². The molecule has 0 unspecified atom stereocenters. The Morgan fingerprint density at radius 1 is 0.634 bits per heavy atom. The molecular formula is C24H31F12NO3S. The van der Waals surface area contributed by atoms with Gasteiger partial charge in [0, 0.05) is 16.0 Å². The minimum Gasteiger partial charge on any atom is -0.769 e. The van der Waals surface area contributed by atoms with Crippen LogP contribution in [-0.4, -0.2) is 59.9 Å². The maximum absolute atomic E-state index is 13.7. The van der Waals surface area contributed by atoms with Gasteiger partial charge in [0.1, 0.15) is 0 Å². The van der Waals surface area contributed by atoms with Gasteiger partial charge in [0.15, 0.2) is 0 Å². The Kier molecular flexibility index (Phi) is 9.02. The predicted molar refractivity (Wildman–Crippen MR) is 124 cm³/mol. The van der Waals surface area contributed by atoms with E-state index in [0.717, 1.165) is 20.8 Å². The molecule has 0 bridgehead atoms. The molecule has 3 rings (SSSR count). The molecule has 2 heterocycles. The molecule has 0 spiro atoms. The van der Waals surface area contributed by atoms with Crippen molar-refractivity contribution >= 4 is 10.9 Å². The Morgan fingerprint density at radius 2 is 0.902 bits per heavy atom. The standard InChI is InChI=1S/C16H12F12O3S.C8H20N/c1-10(2,3)6-4-7-9-8(5-6)12(15(23,24)25,16(26,27)28)31-32(9,29)30-11(7,13(17,18)19)14(20,21)22;1-5-9(6-2,7-3)8-4/h4-5,29H,1-3H3;5-8H2,1-4H3/q;+1/p-1. The van der Waals surface area contributed by atoms with Crippen LogP contribution in [0.15, 0.2) is 17.0 Å². The summed E-state index contributed by atoms with van der Waals surface area (Å²) >= 11 is 0. The molecule has 0 radical (unpaired) electrons. The van der Waals surface area contributed by atoms with E-state index >= 15 is 0 Å². The van der Waals surface area contributed by atoms with Crippen molar-refractivity contribution in [3.8, 4) is 0 Å². The first-order valence-corrected chi connectivity index (χ1v) is 13.8. The van der Waals surface area contributed by atoms with Crippen molar-refractivity contribution in [2.75, 3.05) is 26.2 Å². The van der Waals surface area contributed by atoms with Crippen LogP contribution >= 0.6 is 10.9 Å². The molecule has 0 N–H and O–H groups in total. The lowest BCUT2D eigenvalue weighted by Gasteiger charge is -2.45. The van der Waals surface area contributed by atoms with E-state index in [-0.39, 0.29) is 12.1 Å². The van der Waals surface area contributed by atoms with Crippen LogP contribution in [0.2, 0.25) is 0 Å². The van der Waals surface area contributed by atoms with Gasteiger partial charge in [0.25, 0.3) is 11.2 Å². The smallest absolute Gasteiger partial charge is 0.432 e. The summed E-state index contributed by atoms with van der Waals surface area (Å²) in [7, 11) is -6.05. The van der Waals surface area contributed by atoms with Crippen LogP contribution in [0.1, 0.15) is 65.2 Å². The molecule has 0 atom stereocenters. The highest BCUT2D eigenvalue weighted by atomic mass is 32.3. The topological polar surface area (TPSA) is 41.5 Å². The third-order valence-corrected chi connectivity index (χ3v) is 9.59. The van der Waals surface area contributed by atoms with Crippen LogP contribution in [0.3, 0.4) is 0 Å². The van der Waals surface area contributed by atoms with Crippen LogP contribution < -0.4 is 0 Å². The van der Waals surface area contributed by atoms with Gasteiger partial charge in [0.2, 0.25) is 0 Å². The summed E-state index contributed by atoms with van der Waals surface area (Å²) in [5, 5.41) is 0. The first kappa shape index (κ1) is 35.8. The Bertz CT molecular complexity index is 1010. The number of halogens is 12. The van der Waals surface area contributed by atoms with Crippen molar-refractivity contribution in [3.63, 3.8) is 0 Å². The summed E-state index contributed by atoms with van der Waals surface area (Å²) in [6.07, 6.45) is -25.9. The van der Waals surface area contributed by atoms with Gasteiger partial charge >= 0.3 is 24.7 Å². The van der Waals surface area contributed by atoms with Crippen LogP contribution in [0.5, 0.6) is 0 Å². The fraction of sp³-hybridized carbons (Fsp3) is 0.750. The summed E-state index contributed by atoms with van der Waals surface area (Å²) in [4.78, 5) is -2.07. The van der Waals surface area contributed by atoms with Gasteiger partial charge in [-0.3, -0.25) is 8.37 Å². The van der Waals surface area contributed by atoms with Crippen molar-refractivity contribution < 1.29 is 70.1 Å². The summed E-state index contributed by atoms with van der Waals surface area (Å²) in [5.41, 5.74) is -17.7. The molecule has 240 valence electrons. The molecule has 4 nitrogen and oxygen atoms in total. The predicted octanol–water partition coefficient (Wildman–Crippen LogP) is 8.69. The average Bonchev–Trinajstić information content (AvgIpc) is 3.24. The Hall–Kier alpha value is -1.43. The molecule has 0 amide bonds. The SMILES string of the molecule is CC(C)(C)c1cc2c3c(c1)C(C(F)(F)F)(C(F)(F)F)OS3([O-])OC2(C(F)(F)F)C(F)(F)F.CC[N+](CC)(CC)CC. The summed E-state index contributed by atoms with van der Waals surface area (Å²) < 4.78 is 186. The molecule has 1 aromatic rings. The lowest BCUT2D eigenvalue weighted by molar-refractivity contribution is -0.921. The fourth-order valence-corrected chi connectivity index (χ4v) is 7.20. The van der Waals surface area contributed by atoms with Gasteiger partial charge in [-0.2, -0.15) is 52.7 Å². The molecule has 0 saturated heterocycles. The maximum atomic E-state index is 13.7. The zero-order valence-electron chi connectivity index (χ0n) is 23.1. The molecular weight excluding hydrogens is 610 g/mol. The number of hydrogen-bond acceptors (Lipinski definition) is 3. The zero-order chi connectivity index (χ0) is 32.5. The van der Waals surface area contributed by atoms with Crippen molar-refractivity contribution in [3.05, 3.63) is 28.8 Å². The molecule has 0 aromatic heterocycles. The molecule has 17 heteroatoms. The van der Waals surface area contributed by atoms with E-state index in [1.54, 1.807) is 0 Å². The summed E-state index contributed by atoms with van der Waals surface area (Å²) in [6.45, 7) is 17.6. The quantitative estimate of drug-likeness (QED) is 0.244. The van der Waals surface area contributed by atoms with Gasteiger partial charge in [-0.1, -0.05) is 43.8 Å². The van der Waals surface area contributed by atoms with E-state index < -0.39 is 73.8 Å². The average molecular weight is 642 g/mol. The minimum absolute atomic E-state index is 0.0959. The largest absolute Gasteiger partial charge is 0.769 e. The molecule has 1 aromatic carbocycles. The highest BCUT2D eigenvalue weighted by Crippen LogP contribution is 2.81. The lowest BCUT2D eigenvalue weighted by Crippen LogP contribution is -2.57. The van der Waals surface area contributed by atoms with E-state index in [9.17, 15) is 57.2 Å². The van der Waals surface area contributed by atoms with Crippen molar-refractivity contribution in [2.24, 2.45) is 0 Å². The number of nitrogens with zero attached hydrogens (tertiary/aromatic N) is 1. The normalized spacial score (nSPS) is 20.8. The van der Waals surface area contributed by atoms with E-state index in [0.29, 0.717) is 0 Å². The monoisotopic (exact) mass is 641 g/mol. The van der Waals surface area contributed by atoms with Gasteiger partial charge in [-0.05, 0) is 38.7 Å². The number of quaternary nitrogens is 1. The molecule has 0 aliphatic carbocycles. The van der Waals surface area contributed by atoms with Gasteiger partial charge in [0.05, 0.1) is 26.2 Å². The number of alkyl halides is 12. The van der Waals surface area contributed by atoms with Gasteiger partial charge in [-0.25, -0.2) is 0 Å². The fourth-order valence-electron chi connectivity index (χ4n) is 4.84. The molecule has 2 aliphatic heterocycles. The zero-order valence-corrected chi connectivity index (χ0v) is 23.9. The number of rotatable bonds is 4. The van der Waals surface area contributed by atoms with Crippen molar-refractivity contribution in [1.82, 2.24) is 0 Å². The Labute approximate surface area is 231 Å². The third-order valence-electron chi connectivity index (χ3n) is 7.71. The third kappa shape index (κ3) is 5.31. The first-order chi connectivity index (χ1) is 18.1. The van der Waals surface area contributed by atoms with Crippen LogP contribution in [-0.2, 0) is 25.0 Å². The summed E-state index contributed by atoms with van der Waals surface area (Å²) in [6, 6.07) is 0.192. The summed E-state index contributed by atoms with van der Waals surface area (Å²) in [5.74, 6) is 0. The Morgan fingerprint density at radius 3 is 1.07 bits per heavy atom. The van der Waals surface area contributed by atoms with Crippen LogP contribution in [0, 0.1) is 0 Å². The second kappa shape index (κ2) is 10.3. The van der Waals surface area contributed by atoms with Crippen molar-refractivity contribution in [2.45, 2.75) is 94.7 Å². The number of benzene rings is 1. The first-order valence-electron chi connectivity index (χ1n) is 12.4. The van der Waals surface area contributed by atoms with E-state index in [2.05, 4.69) is 36.1 Å². The molecule has 2 aliphatic rings. The molecule has 0 saturated carbocycles. The second-order valence-electron chi connectivity index (χ2n) is 10.7. The highest BCUT2D eigenvalue weighted by molar-refractivity contribution is 8.21. The number of hydrogen-bond donors (Lipinski definition) is 0. The van der Waals surface area contributed by atoms with Gasteiger partial charge in [-0.15, -0.1) is 0 Å². The van der Waals surface area contributed by atoms with E-state index in [1.807, 2.05) is 0 Å². The van der Waals surface area contributed by atoms with Gasteiger partial charge < -0.3 is 9.04 Å².